The van der Waals surface area contributed by atoms with E-state index in [0.29, 0.717) is 19.7 Å². The molecule has 2 aromatic rings. The largest absolute Gasteiger partial charge is 0.493 e. The zero-order valence-corrected chi connectivity index (χ0v) is 14.7. The van der Waals surface area contributed by atoms with E-state index in [1.54, 1.807) is 11.9 Å². The van der Waals surface area contributed by atoms with Gasteiger partial charge in [0.1, 0.15) is 12.4 Å². The maximum absolute atomic E-state index is 12.4. The highest BCUT2D eigenvalue weighted by Gasteiger charge is 2.23. The Morgan fingerprint density at radius 3 is 2.88 bits per heavy atom. The average Bonchev–Trinajstić information content (AvgIpc) is 3.13. The van der Waals surface area contributed by atoms with Crippen LogP contribution in [0.2, 0.25) is 0 Å². The summed E-state index contributed by atoms with van der Waals surface area (Å²) in [6, 6.07) is 13.5. The fourth-order valence-electron chi connectivity index (χ4n) is 3.20. The van der Waals surface area contributed by atoms with Gasteiger partial charge >= 0.3 is 6.03 Å². The molecule has 2 amide bonds. The van der Waals surface area contributed by atoms with E-state index in [0.717, 1.165) is 35.8 Å². The van der Waals surface area contributed by atoms with Gasteiger partial charge in [-0.3, -0.25) is 0 Å². The Morgan fingerprint density at radius 2 is 2.00 bits per heavy atom. The number of para-hydroxylation sites is 2. The fourth-order valence-corrected chi connectivity index (χ4v) is 3.20. The Labute approximate surface area is 152 Å². The molecule has 1 N–H and O–H groups in total. The maximum Gasteiger partial charge on any atom is 0.317 e. The lowest BCUT2D eigenvalue weighted by Gasteiger charge is -2.29. The minimum absolute atomic E-state index is 0.135. The van der Waals surface area contributed by atoms with Crippen molar-refractivity contribution in [1.29, 1.82) is 0 Å². The van der Waals surface area contributed by atoms with Gasteiger partial charge < -0.3 is 24.4 Å². The van der Waals surface area contributed by atoms with Gasteiger partial charge in [0.25, 0.3) is 0 Å². The lowest BCUT2D eigenvalue weighted by atomic mass is 10.1. The highest BCUT2D eigenvalue weighted by molar-refractivity contribution is 5.73. The van der Waals surface area contributed by atoms with Crippen molar-refractivity contribution in [2.75, 3.05) is 26.8 Å². The lowest BCUT2D eigenvalue weighted by molar-refractivity contribution is 0.0715. The van der Waals surface area contributed by atoms with Gasteiger partial charge in [0.15, 0.2) is 17.6 Å². The van der Waals surface area contributed by atoms with E-state index in [-0.39, 0.29) is 12.1 Å². The second kappa shape index (κ2) is 7.15. The number of rotatable bonds is 4. The molecular formula is C20H22N2O4. The molecule has 26 heavy (non-hydrogen) atoms. The van der Waals surface area contributed by atoms with Crippen LogP contribution in [0.4, 0.5) is 4.79 Å². The zero-order chi connectivity index (χ0) is 17.9. The van der Waals surface area contributed by atoms with Gasteiger partial charge in [0.05, 0.1) is 13.2 Å². The van der Waals surface area contributed by atoms with Crippen LogP contribution in [0, 0.1) is 0 Å². The van der Waals surface area contributed by atoms with Gasteiger partial charge in [-0.15, -0.1) is 0 Å². The van der Waals surface area contributed by atoms with E-state index in [4.69, 9.17) is 14.2 Å². The first kappa shape index (κ1) is 16.6. The summed E-state index contributed by atoms with van der Waals surface area (Å²) < 4.78 is 17.1. The SMILES string of the molecule is CN(C[C@H]1COc2ccccc2O1)C(=O)NCc1ccc2c(c1)CCO2. The summed E-state index contributed by atoms with van der Waals surface area (Å²) in [6.45, 7) is 2.11. The van der Waals surface area contributed by atoms with Crippen LogP contribution < -0.4 is 19.5 Å². The summed E-state index contributed by atoms with van der Waals surface area (Å²) in [7, 11) is 1.76. The number of hydrogen-bond donors (Lipinski definition) is 1. The van der Waals surface area contributed by atoms with Crippen LogP contribution >= 0.6 is 0 Å². The molecule has 4 rings (SSSR count). The molecular weight excluding hydrogens is 332 g/mol. The van der Waals surface area contributed by atoms with Crippen molar-refractivity contribution < 1.29 is 19.0 Å². The van der Waals surface area contributed by atoms with Crippen molar-refractivity contribution in [3.8, 4) is 17.2 Å². The Bertz CT molecular complexity index is 808. The lowest BCUT2D eigenvalue weighted by Crippen LogP contribution is -2.45. The van der Waals surface area contributed by atoms with Gasteiger partial charge in [0.2, 0.25) is 0 Å². The van der Waals surface area contributed by atoms with Gasteiger partial charge in [-0.05, 0) is 29.3 Å². The molecule has 0 unspecified atom stereocenters. The average molecular weight is 354 g/mol. The smallest absolute Gasteiger partial charge is 0.317 e. The van der Waals surface area contributed by atoms with Crippen molar-refractivity contribution in [2.24, 2.45) is 0 Å². The molecule has 2 aromatic carbocycles. The summed E-state index contributed by atoms with van der Waals surface area (Å²) in [5, 5.41) is 2.95. The summed E-state index contributed by atoms with van der Waals surface area (Å²) in [5.41, 5.74) is 2.28. The topological polar surface area (TPSA) is 60.0 Å². The third-order valence-electron chi connectivity index (χ3n) is 4.59. The molecule has 0 bridgehead atoms. The predicted octanol–water partition coefficient (Wildman–Crippen LogP) is 2.60. The quantitative estimate of drug-likeness (QED) is 0.917. The van der Waals surface area contributed by atoms with Crippen molar-refractivity contribution in [2.45, 2.75) is 19.1 Å². The van der Waals surface area contributed by atoms with Crippen LogP contribution in [-0.4, -0.2) is 43.8 Å². The highest BCUT2D eigenvalue weighted by Crippen LogP contribution is 2.31. The first-order valence-corrected chi connectivity index (χ1v) is 8.81. The standard InChI is InChI=1S/C20H22N2O4/c1-22(12-16-13-25-18-4-2-3-5-19(18)26-16)20(23)21-11-14-6-7-17-15(10-14)8-9-24-17/h2-7,10,16H,8-9,11-13H2,1H3,(H,21,23)/t16-/m0/s1. The van der Waals surface area contributed by atoms with Gasteiger partial charge in [-0.25, -0.2) is 4.79 Å². The number of hydrogen-bond acceptors (Lipinski definition) is 4. The van der Waals surface area contributed by atoms with Crippen LogP contribution in [0.15, 0.2) is 42.5 Å². The fraction of sp³-hybridized carbons (Fsp3) is 0.350. The molecule has 2 aliphatic heterocycles. The van der Waals surface area contributed by atoms with E-state index < -0.39 is 0 Å². The monoisotopic (exact) mass is 354 g/mol. The number of carbonyl (C=O) groups excluding carboxylic acids is 1. The number of benzene rings is 2. The van der Waals surface area contributed by atoms with Crippen LogP contribution in [-0.2, 0) is 13.0 Å². The number of fused-ring (bicyclic) bond motifs is 2. The van der Waals surface area contributed by atoms with Gasteiger partial charge in [-0.1, -0.05) is 24.3 Å². The van der Waals surface area contributed by atoms with E-state index in [1.165, 1.54) is 5.56 Å². The molecule has 2 heterocycles. The molecule has 6 nitrogen and oxygen atoms in total. The van der Waals surface area contributed by atoms with Crippen molar-refractivity contribution in [3.05, 3.63) is 53.6 Å². The first-order valence-electron chi connectivity index (χ1n) is 8.81. The number of nitrogens with one attached hydrogen (secondary N) is 1. The van der Waals surface area contributed by atoms with Crippen LogP contribution in [0.1, 0.15) is 11.1 Å². The van der Waals surface area contributed by atoms with Crippen LogP contribution in [0.3, 0.4) is 0 Å². The zero-order valence-electron chi connectivity index (χ0n) is 14.7. The molecule has 0 spiro atoms. The second-order valence-electron chi connectivity index (χ2n) is 6.58. The van der Waals surface area contributed by atoms with Crippen molar-refractivity contribution >= 4 is 6.03 Å². The van der Waals surface area contributed by atoms with E-state index in [2.05, 4.69) is 11.4 Å². The summed E-state index contributed by atoms with van der Waals surface area (Å²) >= 11 is 0. The van der Waals surface area contributed by atoms with E-state index >= 15 is 0 Å². The normalized spacial score (nSPS) is 17.2. The molecule has 1 atom stereocenters. The van der Waals surface area contributed by atoms with Gasteiger partial charge in [-0.2, -0.15) is 0 Å². The number of urea groups is 1. The highest BCUT2D eigenvalue weighted by atomic mass is 16.6. The summed E-state index contributed by atoms with van der Waals surface area (Å²) in [4.78, 5) is 14.0. The van der Waals surface area contributed by atoms with Crippen LogP contribution in [0.25, 0.3) is 0 Å². The Hall–Kier alpha value is -2.89. The first-order chi connectivity index (χ1) is 12.7. The Morgan fingerprint density at radius 1 is 1.15 bits per heavy atom. The molecule has 6 heteroatoms. The molecule has 136 valence electrons. The third-order valence-corrected chi connectivity index (χ3v) is 4.59. The Balaban J connectivity index is 1.28. The number of nitrogens with zero attached hydrogens (tertiary/aromatic N) is 1. The predicted molar refractivity (Wildman–Crippen MR) is 96.9 cm³/mol. The number of likely N-dealkylation sites (N-methyl/N-ethyl adjacent to an activating group) is 1. The number of carbonyl (C=O) groups is 1. The summed E-state index contributed by atoms with van der Waals surface area (Å²) in [5.74, 6) is 2.42. The molecule has 0 saturated heterocycles. The Kier molecular flexibility index (Phi) is 4.56. The number of ether oxygens (including phenoxy) is 3. The number of amides is 2. The molecule has 0 aromatic heterocycles. The second-order valence-corrected chi connectivity index (χ2v) is 6.58. The molecule has 2 aliphatic rings. The van der Waals surface area contributed by atoms with E-state index in [9.17, 15) is 4.79 Å². The third kappa shape index (κ3) is 3.54. The van der Waals surface area contributed by atoms with Gasteiger partial charge in [0, 0.05) is 20.0 Å². The minimum atomic E-state index is -0.183. The maximum atomic E-state index is 12.4. The van der Waals surface area contributed by atoms with Crippen molar-refractivity contribution in [1.82, 2.24) is 10.2 Å². The molecule has 0 saturated carbocycles. The molecule has 0 fully saturated rings. The minimum Gasteiger partial charge on any atom is -0.493 e. The van der Waals surface area contributed by atoms with E-state index in [1.807, 2.05) is 36.4 Å². The molecule has 0 aliphatic carbocycles. The summed E-state index contributed by atoms with van der Waals surface area (Å²) in [6.07, 6.45) is 0.745. The molecule has 0 radical (unpaired) electrons. The van der Waals surface area contributed by atoms with Crippen LogP contribution in [0.5, 0.6) is 17.2 Å². The van der Waals surface area contributed by atoms with Crippen molar-refractivity contribution in [3.63, 3.8) is 0 Å².